The summed E-state index contributed by atoms with van der Waals surface area (Å²) in [5, 5.41) is 18.5. The first-order chi connectivity index (χ1) is 7.54. The average Bonchev–Trinajstić information content (AvgIpc) is 2.24. The molecule has 0 saturated heterocycles. The number of alkyl halides is 1. The highest BCUT2D eigenvalue weighted by atomic mass is 35.5. The maximum atomic E-state index is 10.6. The molecule has 0 radical (unpaired) electrons. The van der Waals surface area contributed by atoms with Gasteiger partial charge in [0.15, 0.2) is 6.10 Å². The third-order valence-corrected chi connectivity index (χ3v) is 2.61. The van der Waals surface area contributed by atoms with Gasteiger partial charge in [0.2, 0.25) is 0 Å². The van der Waals surface area contributed by atoms with Crippen LogP contribution in [-0.4, -0.2) is 22.1 Å². The Morgan fingerprint density at radius 1 is 1.38 bits per heavy atom. The molecule has 1 aromatic rings. The number of aliphatic hydroxyl groups excluding tert-OH is 1. The Hall–Kier alpha value is -0.770. The number of carbonyl (C=O) groups is 1. The fourth-order valence-electron chi connectivity index (χ4n) is 1.39. The molecule has 0 spiro atoms. The van der Waals surface area contributed by atoms with Crippen LogP contribution in [0.15, 0.2) is 18.2 Å². The molecule has 0 bridgehead atoms. The molecular weight excluding hydrogens is 251 g/mol. The van der Waals surface area contributed by atoms with Crippen LogP contribution in [0.1, 0.15) is 23.7 Å². The summed E-state index contributed by atoms with van der Waals surface area (Å²) in [6.07, 6.45) is -0.0399. The Labute approximate surface area is 104 Å². The molecule has 0 fully saturated rings. The minimum absolute atomic E-state index is 0.296. The van der Waals surface area contributed by atoms with E-state index in [0.717, 1.165) is 12.0 Å². The Morgan fingerprint density at radius 3 is 2.62 bits per heavy atom. The molecule has 0 aromatic heterocycles. The van der Waals surface area contributed by atoms with Gasteiger partial charge in [-0.3, -0.25) is 0 Å². The molecule has 1 aromatic carbocycles. The lowest BCUT2D eigenvalue weighted by Crippen LogP contribution is -2.10. The van der Waals surface area contributed by atoms with Crippen molar-refractivity contribution >= 4 is 29.2 Å². The van der Waals surface area contributed by atoms with Crippen molar-refractivity contribution in [2.24, 2.45) is 0 Å². The molecule has 2 N–H and O–H groups in total. The maximum absolute atomic E-state index is 10.6. The summed E-state index contributed by atoms with van der Waals surface area (Å²) in [7, 11) is 0. The third kappa shape index (κ3) is 3.67. The number of hydrogen-bond acceptors (Lipinski definition) is 2. The van der Waals surface area contributed by atoms with Crippen molar-refractivity contribution in [2.45, 2.75) is 18.9 Å². The monoisotopic (exact) mass is 262 g/mol. The Kier molecular flexibility index (Phi) is 5.06. The van der Waals surface area contributed by atoms with Gasteiger partial charge in [-0.15, -0.1) is 11.6 Å². The Morgan fingerprint density at radius 2 is 2.06 bits per heavy atom. The van der Waals surface area contributed by atoms with E-state index < -0.39 is 12.1 Å². The summed E-state index contributed by atoms with van der Waals surface area (Å²) >= 11 is 11.4. The summed E-state index contributed by atoms with van der Waals surface area (Å²) < 4.78 is 0. The van der Waals surface area contributed by atoms with Gasteiger partial charge in [0.05, 0.1) is 0 Å². The average molecular weight is 263 g/mol. The summed E-state index contributed by atoms with van der Waals surface area (Å²) in [6.45, 7) is 0. The number of carboxylic acid groups (broad SMARTS) is 1. The highest BCUT2D eigenvalue weighted by molar-refractivity contribution is 6.30. The molecule has 0 saturated carbocycles. The first kappa shape index (κ1) is 13.3. The molecule has 1 rings (SSSR count). The fourth-order valence-corrected chi connectivity index (χ4v) is 1.79. The molecule has 0 amide bonds. The van der Waals surface area contributed by atoms with Crippen LogP contribution in [0.25, 0.3) is 0 Å². The lowest BCUT2D eigenvalue weighted by Gasteiger charge is -2.09. The zero-order chi connectivity index (χ0) is 12.1. The second-order valence-corrected chi connectivity index (χ2v) is 4.24. The van der Waals surface area contributed by atoms with Crippen LogP contribution in [0.4, 0.5) is 0 Å². The van der Waals surface area contributed by atoms with E-state index in [1.165, 1.54) is 6.07 Å². The molecular formula is C11H12Cl2O3. The normalized spacial score (nSPS) is 12.4. The molecule has 1 unspecified atom stereocenters. The molecule has 0 heterocycles. The maximum Gasteiger partial charge on any atom is 0.337 e. The van der Waals surface area contributed by atoms with Gasteiger partial charge < -0.3 is 10.2 Å². The largest absolute Gasteiger partial charge is 0.479 e. The molecule has 0 aliphatic rings. The Balaban J connectivity index is 2.93. The number of rotatable bonds is 5. The summed E-state index contributed by atoms with van der Waals surface area (Å²) in [5.74, 6) is -0.755. The van der Waals surface area contributed by atoms with E-state index in [-0.39, 0.29) is 0 Å². The topological polar surface area (TPSA) is 57.5 Å². The fraction of sp³-hybridized carbons (Fsp3) is 0.364. The first-order valence-corrected chi connectivity index (χ1v) is 5.72. The van der Waals surface area contributed by atoms with Crippen molar-refractivity contribution in [1.29, 1.82) is 0 Å². The molecule has 16 heavy (non-hydrogen) atoms. The van der Waals surface area contributed by atoms with Gasteiger partial charge in [-0.1, -0.05) is 17.7 Å². The number of aryl methyl sites for hydroxylation is 1. The number of halogens is 2. The predicted octanol–water partition coefficient (Wildman–Crippen LogP) is 2.63. The van der Waals surface area contributed by atoms with E-state index in [2.05, 4.69) is 0 Å². The SMILES string of the molecule is O=C(O)C(O)c1cc(Cl)cc(CCCCl)c1. The van der Waals surface area contributed by atoms with E-state index in [9.17, 15) is 9.90 Å². The molecule has 0 aliphatic carbocycles. The van der Waals surface area contributed by atoms with Gasteiger partial charge in [-0.25, -0.2) is 4.79 Å². The summed E-state index contributed by atoms with van der Waals surface area (Å²) in [4.78, 5) is 10.6. The van der Waals surface area contributed by atoms with Gasteiger partial charge >= 0.3 is 5.97 Å². The number of aliphatic carboxylic acids is 1. The lowest BCUT2D eigenvalue weighted by molar-refractivity contribution is -0.146. The molecule has 88 valence electrons. The van der Waals surface area contributed by atoms with E-state index in [4.69, 9.17) is 28.3 Å². The van der Waals surface area contributed by atoms with Gasteiger partial charge in [-0.2, -0.15) is 0 Å². The van der Waals surface area contributed by atoms with Crippen molar-refractivity contribution in [3.05, 3.63) is 34.3 Å². The quantitative estimate of drug-likeness (QED) is 0.803. The number of hydrogen-bond donors (Lipinski definition) is 2. The zero-order valence-electron chi connectivity index (χ0n) is 8.49. The number of carboxylic acids is 1. The number of benzene rings is 1. The standard InChI is InChI=1S/C11H12Cl2O3/c12-3-1-2-7-4-8(6-9(13)5-7)10(14)11(15)16/h4-6,10,14H,1-3H2,(H,15,16). The summed E-state index contributed by atoms with van der Waals surface area (Å²) in [5.41, 5.74) is 1.17. The van der Waals surface area contributed by atoms with Crippen LogP contribution < -0.4 is 0 Å². The van der Waals surface area contributed by atoms with Crippen LogP contribution in [0.3, 0.4) is 0 Å². The van der Waals surface area contributed by atoms with E-state index in [1.807, 2.05) is 0 Å². The highest BCUT2D eigenvalue weighted by Gasteiger charge is 2.16. The van der Waals surface area contributed by atoms with Crippen molar-refractivity contribution in [3.63, 3.8) is 0 Å². The number of aliphatic hydroxyl groups is 1. The highest BCUT2D eigenvalue weighted by Crippen LogP contribution is 2.21. The van der Waals surface area contributed by atoms with Gasteiger partial charge in [-0.05, 0) is 36.1 Å². The molecule has 0 aliphatic heterocycles. The minimum atomic E-state index is -1.53. The van der Waals surface area contributed by atoms with Crippen LogP contribution in [0.5, 0.6) is 0 Å². The second kappa shape index (κ2) is 6.09. The second-order valence-electron chi connectivity index (χ2n) is 3.43. The van der Waals surface area contributed by atoms with Crippen LogP contribution in [0.2, 0.25) is 5.02 Å². The smallest absolute Gasteiger partial charge is 0.337 e. The van der Waals surface area contributed by atoms with Gasteiger partial charge in [0, 0.05) is 10.9 Å². The molecule has 3 nitrogen and oxygen atoms in total. The van der Waals surface area contributed by atoms with Gasteiger partial charge in [0.1, 0.15) is 0 Å². The van der Waals surface area contributed by atoms with Gasteiger partial charge in [0.25, 0.3) is 0 Å². The minimum Gasteiger partial charge on any atom is -0.479 e. The van der Waals surface area contributed by atoms with E-state index >= 15 is 0 Å². The van der Waals surface area contributed by atoms with Crippen molar-refractivity contribution < 1.29 is 15.0 Å². The summed E-state index contributed by atoms with van der Waals surface area (Å²) in [6, 6.07) is 4.83. The molecule has 5 heteroatoms. The van der Waals surface area contributed by atoms with Crippen LogP contribution in [0, 0.1) is 0 Å². The van der Waals surface area contributed by atoms with Crippen molar-refractivity contribution in [3.8, 4) is 0 Å². The van der Waals surface area contributed by atoms with Crippen LogP contribution in [-0.2, 0) is 11.2 Å². The molecule has 1 atom stereocenters. The van der Waals surface area contributed by atoms with Crippen molar-refractivity contribution in [2.75, 3.05) is 5.88 Å². The van der Waals surface area contributed by atoms with E-state index in [0.29, 0.717) is 22.9 Å². The lowest BCUT2D eigenvalue weighted by atomic mass is 10.0. The third-order valence-electron chi connectivity index (χ3n) is 2.13. The van der Waals surface area contributed by atoms with E-state index in [1.54, 1.807) is 12.1 Å². The first-order valence-electron chi connectivity index (χ1n) is 4.81. The zero-order valence-corrected chi connectivity index (χ0v) is 10.0. The predicted molar refractivity (Wildman–Crippen MR) is 63.1 cm³/mol. The van der Waals surface area contributed by atoms with Crippen LogP contribution >= 0.6 is 23.2 Å². The van der Waals surface area contributed by atoms with Crippen molar-refractivity contribution in [1.82, 2.24) is 0 Å². The Bertz CT molecular complexity index is 379.